The van der Waals surface area contributed by atoms with E-state index in [9.17, 15) is 0 Å². The van der Waals surface area contributed by atoms with Gasteiger partial charge in [0, 0.05) is 35.7 Å². The first-order valence-corrected chi connectivity index (χ1v) is 6.98. The lowest BCUT2D eigenvalue weighted by molar-refractivity contribution is 0.583. The van der Waals surface area contributed by atoms with Crippen molar-refractivity contribution in [1.82, 2.24) is 20.3 Å². The van der Waals surface area contributed by atoms with E-state index in [2.05, 4.69) is 34.1 Å². The molecule has 2 heterocycles. The third-order valence-corrected chi connectivity index (χ3v) is 3.25. The monoisotopic (exact) mass is 270 g/mol. The molecule has 0 aliphatic carbocycles. The molecule has 2 aromatic heterocycles. The van der Waals surface area contributed by atoms with Crippen LogP contribution in [0.2, 0.25) is 0 Å². The second-order valence-corrected chi connectivity index (χ2v) is 5.45. The number of aromatic nitrogens is 3. The number of nitrogens with zero attached hydrogens (tertiary/aromatic N) is 3. The Labute approximate surface area is 120 Å². The summed E-state index contributed by atoms with van der Waals surface area (Å²) in [5.41, 5.74) is 5.21. The van der Waals surface area contributed by atoms with Gasteiger partial charge in [0.2, 0.25) is 0 Å². The molecule has 20 heavy (non-hydrogen) atoms. The van der Waals surface area contributed by atoms with E-state index in [4.69, 9.17) is 0 Å². The van der Waals surface area contributed by atoms with Gasteiger partial charge in [-0.25, -0.2) is 9.97 Å². The Morgan fingerprint density at radius 2 is 1.75 bits per heavy atom. The highest BCUT2D eigenvalue weighted by Crippen LogP contribution is 2.17. The minimum Gasteiger partial charge on any atom is -0.310 e. The van der Waals surface area contributed by atoms with Crippen LogP contribution in [0, 0.1) is 20.8 Å². The molecule has 106 valence electrons. The van der Waals surface area contributed by atoms with Gasteiger partial charge in [-0.3, -0.25) is 4.98 Å². The molecule has 0 bridgehead atoms. The molecule has 0 radical (unpaired) electrons. The number of pyridine rings is 1. The quantitative estimate of drug-likeness (QED) is 0.928. The normalized spacial score (nSPS) is 11.1. The lowest BCUT2D eigenvalue weighted by Gasteiger charge is -2.13. The third kappa shape index (κ3) is 3.39. The van der Waals surface area contributed by atoms with E-state index in [1.807, 2.05) is 32.9 Å². The lowest BCUT2D eigenvalue weighted by Crippen LogP contribution is -2.23. The number of rotatable bonds is 4. The van der Waals surface area contributed by atoms with Crippen LogP contribution in [0.5, 0.6) is 0 Å². The first-order valence-electron chi connectivity index (χ1n) is 6.98. The highest BCUT2D eigenvalue weighted by atomic mass is 14.9. The van der Waals surface area contributed by atoms with Crippen molar-refractivity contribution >= 4 is 0 Å². The first-order chi connectivity index (χ1) is 9.47. The topological polar surface area (TPSA) is 50.7 Å². The standard InChI is InChI=1S/C16H22N4/c1-10(2)18-9-14-12(4)19-16(20-13(14)5)15-8-11(3)6-7-17-15/h6-8,10,18H,9H2,1-5H3. The van der Waals surface area contributed by atoms with Gasteiger partial charge < -0.3 is 5.32 Å². The fourth-order valence-corrected chi connectivity index (χ4v) is 2.07. The molecule has 1 N–H and O–H groups in total. The zero-order valence-electron chi connectivity index (χ0n) is 12.9. The highest BCUT2D eigenvalue weighted by Gasteiger charge is 2.11. The van der Waals surface area contributed by atoms with Crippen LogP contribution in [0.15, 0.2) is 18.3 Å². The summed E-state index contributed by atoms with van der Waals surface area (Å²) in [5, 5.41) is 3.42. The van der Waals surface area contributed by atoms with Gasteiger partial charge in [-0.05, 0) is 38.5 Å². The van der Waals surface area contributed by atoms with E-state index in [-0.39, 0.29) is 0 Å². The van der Waals surface area contributed by atoms with E-state index >= 15 is 0 Å². The summed E-state index contributed by atoms with van der Waals surface area (Å²) in [6.45, 7) is 11.2. The maximum atomic E-state index is 4.61. The summed E-state index contributed by atoms with van der Waals surface area (Å²) >= 11 is 0. The van der Waals surface area contributed by atoms with Gasteiger partial charge in [0.25, 0.3) is 0 Å². The van der Waals surface area contributed by atoms with Gasteiger partial charge in [-0.15, -0.1) is 0 Å². The van der Waals surface area contributed by atoms with Gasteiger partial charge in [-0.1, -0.05) is 13.8 Å². The van der Waals surface area contributed by atoms with Gasteiger partial charge in [0.15, 0.2) is 5.82 Å². The average Bonchev–Trinajstić information content (AvgIpc) is 2.37. The second kappa shape index (κ2) is 6.09. The largest absolute Gasteiger partial charge is 0.310 e. The van der Waals surface area contributed by atoms with E-state index in [1.54, 1.807) is 6.20 Å². The van der Waals surface area contributed by atoms with Crippen LogP contribution < -0.4 is 5.32 Å². The van der Waals surface area contributed by atoms with E-state index in [0.29, 0.717) is 11.9 Å². The lowest BCUT2D eigenvalue weighted by atomic mass is 10.1. The Balaban J connectivity index is 2.35. The van der Waals surface area contributed by atoms with E-state index in [0.717, 1.165) is 23.6 Å². The SMILES string of the molecule is Cc1ccnc(-c2nc(C)c(CNC(C)C)c(C)n2)c1. The van der Waals surface area contributed by atoms with E-state index in [1.165, 1.54) is 11.1 Å². The Morgan fingerprint density at radius 1 is 1.10 bits per heavy atom. The van der Waals surface area contributed by atoms with Crippen LogP contribution in [0.4, 0.5) is 0 Å². The van der Waals surface area contributed by atoms with E-state index < -0.39 is 0 Å². The number of nitrogens with one attached hydrogen (secondary N) is 1. The Morgan fingerprint density at radius 3 is 2.30 bits per heavy atom. The van der Waals surface area contributed by atoms with Gasteiger partial charge in [-0.2, -0.15) is 0 Å². The van der Waals surface area contributed by atoms with Crippen molar-refractivity contribution in [3.05, 3.63) is 40.8 Å². The van der Waals surface area contributed by atoms with Crippen LogP contribution in [0.25, 0.3) is 11.5 Å². The van der Waals surface area contributed by atoms with Crippen LogP contribution in [-0.2, 0) is 6.54 Å². The zero-order valence-corrected chi connectivity index (χ0v) is 12.9. The molecule has 0 aliphatic heterocycles. The predicted molar refractivity (Wildman–Crippen MR) is 81.4 cm³/mol. The third-order valence-electron chi connectivity index (χ3n) is 3.25. The maximum absolute atomic E-state index is 4.61. The van der Waals surface area contributed by atoms with Crippen molar-refractivity contribution in [2.24, 2.45) is 0 Å². The van der Waals surface area contributed by atoms with Gasteiger partial charge >= 0.3 is 0 Å². The molecule has 0 fully saturated rings. The molecule has 0 aromatic carbocycles. The molecule has 0 spiro atoms. The average molecular weight is 270 g/mol. The summed E-state index contributed by atoms with van der Waals surface area (Å²) in [6.07, 6.45) is 1.80. The van der Waals surface area contributed by atoms with Crippen molar-refractivity contribution in [3.8, 4) is 11.5 Å². The van der Waals surface area contributed by atoms with Crippen molar-refractivity contribution in [2.75, 3.05) is 0 Å². The Kier molecular flexibility index (Phi) is 4.45. The molecule has 0 amide bonds. The summed E-state index contributed by atoms with van der Waals surface area (Å²) in [7, 11) is 0. The minimum atomic E-state index is 0.451. The summed E-state index contributed by atoms with van der Waals surface area (Å²) in [5.74, 6) is 0.706. The molecule has 0 saturated carbocycles. The predicted octanol–water partition coefficient (Wildman–Crippen LogP) is 2.96. The highest BCUT2D eigenvalue weighted by molar-refractivity contribution is 5.51. The molecule has 0 atom stereocenters. The molecule has 0 aliphatic rings. The molecule has 2 rings (SSSR count). The molecule has 0 saturated heterocycles. The van der Waals surface area contributed by atoms with Crippen LogP contribution in [-0.4, -0.2) is 21.0 Å². The van der Waals surface area contributed by atoms with Crippen molar-refractivity contribution in [1.29, 1.82) is 0 Å². The zero-order chi connectivity index (χ0) is 14.7. The summed E-state index contributed by atoms with van der Waals surface area (Å²) < 4.78 is 0. The minimum absolute atomic E-state index is 0.451. The molecule has 2 aromatic rings. The van der Waals surface area contributed by atoms with Crippen LogP contribution in [0.3, 0.4) is 0 Å². The van der Waals surface area contributed by atoms with Crippen molar-refractivity contribution < 1.29 is 0 Å². The second-order valence-electron chi connectivity index (χ2n) is 5.45. The fourth-order valence-electron chi connectivity index (χ4n) is 2.07. The van der Waals surface area contributed by atoms with Crippen molar-refractivity contribution in [3.63, 3.8) is 0 Å². The molecule has 4 nitrogen and oxygen atoms in total. The smallest absolute Gasteiger partial charge is 0.178 e. The van der Waals surface area contributed by atoms with Gasteiger partial charge in [0.05, 0.1) is 0 Å². The fraction of sp³-hybridized carbons (Fsp3) is 0.438. The summed E-state index contributed by atoms with van der Waals surface area (Å²) in [6, 6.07) is 4.44. The van der Waals surface area contributed by atoms with Crippen LogP contribution in [0.1, 0.15) is 36.4 Å². The van der Waals surface area contributed by atoms with Crippen LogP contribution >= 0.6 is 0 Å². The number of hydrogen-bond acceptors (Lipinski definition) is 4. The Bertz CT molecular complexity index is 582. The number of aryl methyl sites for hydroxylation is 3. The first kappa shape index (κ1) is 14.6. The maximum Gasteiger partial charge on any atom is 0.178 e. The van der Waals surface area contributed by atoms with Gasteiger partial charge in [0.1, 0.15) is 5.69 Å². The molecule has 0 unspecified atom stereocenters. The Hall–Kier alpha value is -1.81. The molecular formula is C16H22N4. The molecular weight excluding hydrogens is 248 g/mol. The molecule has 4 heteroatoms. The summed E-state index contributed by atoms with van der Waals surface area (Å²) in [4.78, 5) is 13.6. The number of hydrogen-bond donors (Lipinski definition) is 1. The van der Waals surface area contributed by atoms with Crippen molar-refractivity contribution in [2.45, 2.75) is 47.2 Å².